The molecular formula is C13H16N2O4. The first-order valence-electron chi connectivity index (χ1n) is 6.18. The molecular weight excluding hydrogens is 248 g/mol. The van der Waals surface area contributed by atoms with E-state index in [0.29, 0.717) is 24.6 Å². The molecule has 6 heteroatoms. The van der Waals surface area contributed by atoms with E-state index in [1.165, 1.54) is 0 Å². The van der Waals surface area contributed by atoms with E-state index in [0.717, 1.165) is 23.5 Å². The number of carboxylic acids is 1. The molecule has 0 unspecified atom stereocenters. The highest BCUT2D eigenvalue weighted by molar-refractivity contribution is 5.66. The summed E-state index contributed by atoms with van der Waals surface area (Å²) in [7, 11) is 0. The van der Waals surface area contributed by atoms with Crippen LogP contribution in [0.4, 0.5) is 0 Å². The van der Waals surface area contributed by atoms with Gasteiger partial charge in [0.1, 0.15) is 11.5 Å². The molecule has 2 rings (SSSR count). The van der Waals surface area contributed by atoms with Crippen molar-refractivity contribution in [3.8, 4) is 11.5 Å². The number of hydrogen-bond donors (Lipinski definition) is 1. The number of unbranched alkanes of at least 4 members (excludes halogenated alkanes) is 1. The molecule has 0 radical (unpaired) electrons. The number of furan rings is 1. The van der Waals surface area contributed by atoms with Crippen molar-refractivity contribution in [1.82, 2.24) is 10.2 Å². The number of aryl methyl sites for hydroxylation is 3. The number of rotatable bonds is 6. The number of carboxylic acid groups (broad SMARTS) is 1. The van der Waals surface area contributed by atoms with Crippen LogP contribution < -0.4 is 0 Å². The molecule has 2 aromatic rings. The summed E-state index contributed by atoms with van der Waals surface area (Å²) in [5.41, 5.74) is 0.807. The fourth-order valence-corrected chi connectivity index (χ4v) is 1.86. The van der Waals surface area contributed by atoms with Crippen LogP contribution in [0.2, 0.25) is 0 Å². The van der Waals surface area contributed by atoms with Crippen molar-refractivity contribution in [3.05, 3.63) is 23.5 Å². The minimum Gasteiger partial charge on any atom is -0.481 e. The van der Waals surface area contributed by atoms with Gasteiger partial charge in [-0.3, -0.25) is 4.79 Å². The quantitative estimate of drug-likeness (QED) is 0.807. The maximum atomic E-state index is 10.4. The molecule has 0 amide bonds. The Bertz CT molecular complexity index is 571. The highest BCUT2D eigenvalue weighted by Gasteiger charge is 2.14. The number of carbonyl (C=O) groups is 1. The van der Waals surface area contributed by atoms with Crippen molar-refractivity contribution >= 4 is 5.97 Å². The van der Waals surface area contributed by atoms with Gasteiger partial charge in [0.15, 0.2) is 0 Å². The van der Waals surface area contributed by atoms with Crippen LogP contribution in [-0.2, 0) is 11.2 Å². The fraction of sp³-hybridized carbons (Fsp3) is 0.462. The highest BCUT2D eigenvalue weighted by Crippen LogP contribution is 2.25. The minimum atomic E-state index is -0.782. The summed E-state index contributed by atoms with van der Waals surface area (Å²) in [6.07, 6.45) is 2.09. The van der Waals surface area contributed by atoms with Gasteiger partial charge in [0, 0.05) is 12.8 Å². The van der Waals surface area contributed by atoms with E-state index in [1.807, 2.05) is 19.9 Å². The summed E-state index contributed by atoms with van der Waals surface area (Å²) >= 11 is 0. The number of aromatic nitrogens is 2. The maximum absolute atomic E-state index is 10.4. The van der Waals surface area contributed by atoms with E-state index in [4.69, 9.17) is 13.9 Å². The summed E-state index contributed by atoms with van der Waals surface area (Å²) in [5, 5.41) is 16.5. The molecule has 0 aliphatic heterocycles. The molecule has 0 bridgehead atoms. The SMILES string of the molecule is Cc1cc(-c2nnc(CCCCC(=O)O)o2)c(C)o1. The zero-order valence-corrected chi connectivity index (χ0v) is 11.0. The molecule has 2 aromatic heterocycles. The Balaban J connectivity index is 1.95. The lowest BCUT2D eigenvalue weighted by atomic mass is 10.2. The van der Waals surface area contributed by atoms with Gasteiger partial charge < -0.3 is 13.9 Å². The molecule has 0 saturated carbocycles. The molecule has 6 nitrogen and oxygen atoms in total. The van der Waals surface area contributed by atoms with E-state index in [-0.39, 0.29) is 6.42 Å². The lowest BCUT2D eigenvalue weighted by Gasteiger charge is -1.94. The fourth-order valence-electron chi connectivity index (χ4n) is 1.86. The van der Waals surface area contributed by atoms with Gasteiger partial charge in [-0.1, -0.05) is 0 Å². The van der Waals surface area contributed by atoms with E-state index in [9.17, 15) is 4.79 Å². The largest absolute Gasteiger partial charge is 0.481 e. The molecule has 0 aliphatic rings. The first kappa shape index (κ1) is 13.3. The standard InChI is InChI=1S/C13H16N2O4/c1-8-7-10(9(2)18-8)13-15-14-11(19-13)5-3-4-6-12(16)17/h7H,3-6H2,1-2H3,(H,16,17). The Labute approximate surface area is 110 Å². The molecule has 102 valence electrons. The van der Waals surface area contributed by atoms with Crippen LogP contribution in [0.3, 0.4) is 0 Å². The van der Waals surface area contributed by atoms with Crippen molar-refractivity contribution in [1.29, 1.82) is 0 Å². The smallest absolute Gasteiger partial charge is 0.303 e. The Morgan fingerprint density at radius 1 is 1.26 bits per heavy atom. The second kappa shape index (κ2) is 5.69. The third-order valence-electron chi connectivity index (χ3n) is 2.77. The number of aliphatic carboxylic acids is 1. The molecule has 0 spiro atoms. The summed E-state index contributed by atoms with van der Waals surface area (Å²) in [4.78, 5) is 10.4. The minimum absolute atomic E-state index is 0.168. The Morgan fingerprint density at radius 2 is 2.05 bits per heavy atom. The van der Waals surface area contributed by atoms with Crippen LogP contribution >= 0.6 is 0 Å². The molecule has 0 saturated heterocycles. The predicted molar refractivity (Wildman–Crippen MR) is 66.7 cm³/mol. The Kier molecular flexibility index (Phi) is 3.99. The lowest BCUT2D eigenvalue weighted by Crippen LogP contribution is -1.95. The summed E-state index contributed by atoms with van der Waals surface area (Å²) < 4.78 is 11.0. The maximum Gasteiger partial charge on any atom is 0.303 e. The summed E-state index contributed by atoms with van der Waals surface area (Å²) in [5.74, 6) is 1.74. The van der Waals surface area contributed by atoms with Gasteiger partial charge in [0.05, 0.1) is 5.56 Å². The summed E-state index contributed by atoms with van der Waals surface area (Å²) in [6.45, 7) is 3.71. The molecule has 0 aromatic carbocycles. The monoisotopic (exact) mass is 264 g/mol. The zero-order valence-electron chi connectivity index (χ0n) is 11.0. The van der Waals surface area contributed by atoms with E-state index in [2.05, 4.69) is 10.2 Å². The van der Waals surface area contributed by atoms with Crippen LogP contribution in [0.15, 0.2) is 14.9 Å². The predicted octanol–water partition coefficient (Wildman–Crippen LogP) is 2.74. The average molecular weight is 264 g/mol. The number of nitrogens with zero attached hydrogens (tertiary/aromatic N) is 2. The molecule has 19 heavy (non-hydrogen) atoms. The number of hydrogen-bond acceptors (Lipinski definition) is 5. The second-order valence-corrected chi connectivity index (χ2v) is 4.43. The van der Waals surface area contributed by atoms with E-state index < -0.39 is 5.97 Å². The van der Waals surface area contributed by atoms with Crippen molar-refractivity contribution in [3.63, 3.8) is 0 Å². The average Bonchev–Trinajstić information content (AvgIpc) is 2.91. The van der Waals surface area contributed by atoms with Crippen molar-refractivity contribution in [2.24, 2.45) is 0 Å². The molecule has 0 fully saturated rings. The van der Waals surface area contributed by atoms with Crippen molar-refractivity contribution < 1.29 is 18.7 Å². The van der Waals surface area contributed by atoms with Crippen molar-refractivity contribution in [2.75, 3.05) is 0 Å². The third kappa shape index (κ3) is 3.43. The first-order chi connectivity index (χ1) is 9.06. The van der Waals surface area contributed by atoms with Crippen LogP contribution in [0.1, 0.15) is 36.7 Å². The first-order valence-corrected chi connectivity index (χ1v) is 6.18. The summed E-state index contributed by atoms with van der Waals surface area (Å²) in [6, 6.07) is 1.86. The normalized spacial score (nSPS) is 10.8. The molecule has 0 atom stereocenters. The van der Waals surface area contributed by atoms with Crippen LogP contribution in [0, 0.1) is 13.8 Å². The Morgan fingerprint density at radius 3 is 2.68 bits per heavy atom. The van der Waals surface area contributed by atoms with Crippen molar-refractivity contribution in [2.45, 2.75) is 39.5 Å². The van der Waals surface area contributed by atoms with E-state index >= 15 is 0 Å². The zero-order chi connectivity index (χ0) is 13.8. The van der Waals surface area contributed by atoms with E-state index in [1.54, 1.807) is 0 Å². The van der Waals surface area contributed by atoms with Gasteiger partial charge in [0.2, 0.25) is 5.89 Å². The van der Waals surface area contributed by atoms with Crippen LogP contribution in [-0.4, -0.2) is 21.3 Å². The molecule has 1 N–H and O–H groups in total. The topological polar surface area (TPSA) is 89.4 Å². The highest BCUT2D eigenvalue weighted by atomic mass is 16.4. The van der Waals surface area contributed by atoms with Crippen LogP contribution in [0.25, 0.3) is 11.5 Å². The van der Waals surface area contributed by atoms with Gasteiger partial charge in [-0.25, -0.2) is 0 Å². The van der Waals surface area contributed by atoms with Gasteiger partial charge >= 0.3 is 5.97 Å². The Hall–Kier alpha value is -2.11. The molecule has 0 aliphatic carbocycles. The second-order valence-electron chi connectivity index (χ2n) is 4.43. The van der Waals surface area contributed by atoms with Gasteiger partial charge in [-0.05, 0) is 32.8 Å². The van der Waals surface area contributed by atoms with Gasteiger partial charge in [-0.15, -0.1) is 10.2 Å². The van der Waals surface area contributed by atoms with Gasteiger partial charge in [0.25, 0.3) is 5.89 Å². The third-order valence-corrected chi connectivity index (χ3v) is 2.77. The lowest BCUT2D eigenvalue weighted by molar-refractivity contribution is -0.137. The molecule has 2 heterocycles. The van der Waals surface area contributed by atoms with Crippen LogP contribution in [0.5, 0.6) is 0 Å². The van der Waals surface area contributed by atoms with Gasteiger partial charge in [-0.2, -0.15) is 0 Å².